The van der Waals surface area contributed by atoms with E-state index in [0.717, 1.165) is 18.5 Å². The molecule has 0 aromatic heterocycles. The fourth-order valence-electron chi connectivity index (χ4n) is 3.43. The van der Waals surface area contributed by atoms with Crippen molar-refractivity contribution in [1.29, 1.82) is 0 Å². The highest BCUT2D eigenvalue weighted by molar-refractivity contribution is 5.72. The first kappa shape index (κ1) is 16.5. The molecule has 1 N–H and O–H groups in total. The van der Waals surface area contributed by atoms with Crippen molar-refractivity contribution in [2.45, 2.75) is 31.4 Å². The number of rotatable bonds is 6. The van der Waals surface area contributed by atoms with E-state index in [0.29, 0.717) is 19.4 Å². The minimum atomic E-state index is -0.412. The zero-order valence-electron chi connectivity index (χ0n) is 13.8. The number of nitrogens with one attached hydrogen (secondary N) is 1. The van der Waals surface area contributed by atoms with Crippen molar-refractivity contribution in [2.24, 2.45) is 0 Å². The summed E-state index contributed by atoms with van der Waals surface area (Å²) < 4.78 is 5.50. The molecule has 3 nitrogen and oxygen atoms in total. The summed E-state index contributed by atoms with van der Waals surface area (Å²) >= 11 is 0. The highest BCUT2D eigenvalue weighted by Crippen LogP contribution is 2.35. The number of hydrogen-bond acceptors (Lipinski definition) is 3. The fourth-order valence-corrected chi connectivity index (χ4v) is 3.43. The smallest absolute Gasteiger partial charge is 0.308 e. The van der Waals surface area contributed by atoms with Crippen LogP contribution < -0.4 is 5.32 Å². The maximum absolute atomic E-state index is 12.5. The Kier molecular flexibility index (Phi) is 5.11. The van der Waals surface area contributed by atoms with Gasteiger partial charge in [0.2, 0.25) is 0 Å². The van der Waals surface area contributed by atoms with Crippen LogP contribution in [-0.4, -0.2) is 12.5 Å². The second-order valence-corrected chi connectivity index (χ2v) is 6.23. The van der Waals surface area contributed by atoms with Crippen LogP contribution in [0.4, 0.5) is 0 Å². The Balaban J connectivity index is 1.75. The fraction of sp³-hybridized carbons (Fsp3) is 0.286. The Morgan fingerprint density at radius 2 is 1.92 bits per heavy atom. The van der Waals surface area contributed by atoms with Gasteiger partial charge in [0.15, 0.2) is 0 Å². The predicted octanol–water partition coefficient (Wildman–Crippen LogP) is 3.74. The van der Waals surface area contributed by atoms with Crippen LogP contribution in [0.5, 0.6) is 0 Å². The van der Waals surface area contributed by atoms with Crippen molar-refractivity contribution in [3.8, 4) is 0 Å². The monoisotopic (exact) mass is 321 g/mol. The van der Waals surface area contributed by atoms with E-state index < -0.39 is 5.54 Å². The molecular weight excluding hydrogens is 298 g/mol. The summed E-state index contributed by atoms with van der Waals surface area (Å²) in [6.07, 6.45) is 3.86. The average Bonchev–Trinajstić information content (AvgIpc) is 2.62. The van der Waals surface area contributed by atoms with Crippen LogP contribution in [0.3, 0.4) is 0 Å². The quantitative estimate of drug-likeness (QED) is 0.651. The maximum Gasteiger partial charge on any atom is 0.308 e. The van der Waals surface area contributed by atoms with Crippen molar-refractivity contribution in [3.63, 3.8) is 0 Å². The zero-order valence-corrected chi connectivity index (χ0v) is 13.8. The first-order valence-corrected chi connectivity index (χ1v) is 8.37. The summed E-state index contributed by atoms with van der Waals surface area (Å²) in [6, 6.07) is 18.1. The number of esters is 1. The number of carbonyl (C=O) groups excluding carboxylic acids is 1. The Bertz CT molecular complexity index is 711. The first-order valence-electron chi connectivity index (χ1n) is 8.37. The van der Waals surface area contributed by atoms with Gasteiger partial charge in [-0.25, -0.2) is 0 Å². The third-order valence-corrected chi connectivity index (χ3v) is 4.57. The van der Waals surface area contributed by atoms with Gasteiger partial charge >= 0.3 is 5.97 Å². The number of fused-ring (bicyclic) bond motifs is 1. The molecule has 1 heterocycles. The van der Waals surface area contributed by atoms with Crippen molar-refractivity contribution in [1.82, 2.24) is 5.32 Å². The molecule has 0 spiro atoms. The van der Waals surface area contributed by atoms with E-state index in [-0.39, 0.29) is 5.97 Å². The van der Waals surface area contributed by atoms with Crippen LogP contribution in [0, 0.1) is 0 Å². The molecule has 124 valence electrons. The van der Waals surface area contributed by atoms with E-state index in [1.807, 2.05) is 42.5 Å². The van der Waals surface area contributed by atoms with Gasteiger partial charge in [-0.15, -0.1) is 6.58 Å². The van der Waals surface area contributed by atoms with Gasteiger partial charge in [0.25, 0.3) is 0 Å². The normalized spacial score (nSPS) is 19.3. The van der Waals surface area contributed by atoms with Gasteiger partial charge in [-0.05, 0) is 29.5 Å². The van der Waals surface area contributed by atoms with Gasteiger partial charge in [0.05, 0.1) is 12.0 Å². The molecule has 0 fully saturated rings. The molecule has 1 aliphatic rings. The molecule has 0 amide bonds. The second-order valence-electron chi connectivity index (χ2n) is 6.23. The summed E-state index contributed by atoms with van der Waals surface area (Å²) in [5, 5.41) is 3.55. The topological polar surface area (TPSA) is 38.3 Å². The lowest BCUT2D eigenvalue weighted by molar-refractivity contribution is -0.147. The molecule has 1 unspecified atom stereocenters. The summed E-state index contributed by atoms with van der Waals surface area (Å²) in [5.41, 5.74) is 3.08. The molecular formula is C21H23NO2. The Morgan fingerprint density at radius 1 is 1.17 bits per heavy atom. The first-order chi connectivity index (χ1) is 11.7. The van der Waals surface area contributed by atoms with Crippen LogP contribution >= 0.6 is 0 Å². The number of hydrogen-bond donors (Lipinski definition) is 1. The highest BCUT2D eigenvalue weighted by Gasteiger charge is 2.37. The van der Waals surface area contributed by atoms with Crippen LogP contribution in [0.25, 0.3) is 0 Å². The predicted molar refractivity (Wildman–Crippen MR) is 95.5 cm³/mol. The van der Waals surface area contributed by atoms with Crippen LogP contribution in [-0.2, 0) is 28.1 Å². The standard InChI is InChI=1S/C21H23NO2/c1-2-13-21(19-11-7-6-10-18(19)12-14-22-21)15-20(23)24-16-17-8-4-3-5-9-17/h2-11,22H,1,12-16H2. The Hall–Kier alpha value is -2.39. The summed E-state index contributed by atoms with van der Waals surface area (Å²) in [7, 11) is 0. The summed E-state index contributed by atoms with van der Waals surface area (Å²) in [6.45, 7) is 5.05. The molecule has 2 aromatic rings. The molecule has 0 bridgehead atoms. The van der Waals surface area contributed by atoms with Gasteiger partial charge in [-0.2, -0.15) is 0 Å². The lowest BCUT2D eigenvalue weighted by Crippen LogP contribution is -2.48. The van der Waals surface area contributed by atoms with Crippen LogP contribution in [0.15, 0.2) is 67.3 Å². The maximum atomic E-state index is 12.5. The van der Waals surface area contributed by atoms with E-state index in [4.69, 9.17) is 4.74 Å². The molecule has 3 rings (SSSR count). The van der Waals surface area contributed by atoms with Crippen molar-refractivity contribution in [3.05, 3.63) is 83.9 Å². The second kappa shape index (κ2) is 7.45. The number of carbonyl (C=O) groups is 1. The molecule has 0 saturated heterocycles. The molecule has 24 heavy (non-hydrogen) atoms. The SMILES string of the molecule is C=CCC1(CC(=O)OCc2ccccc2)NCCc2ccccc21. The van der Waals surface area contributed by atoms with E-state index >= 15 is 0 Å². The summed E-state index contributed by atoms with van der Waals surface area (Å²) in [4.78, 5) is 12.5. The largest absolute Gasteiger partial charge is 0.461 e. The molecule has 2 aromatic carbocycles. The third-order valence-electron chi connectivity index (χ3n) is 4.57. The van der Waals surface area contributed by atoms with E-state index in [1.165, 1.54) is 11.1 Å². The lowest BCUT2D eigenvalue weighted by atomic mass is 9.78. The highest BCUT2D eigenvalue weighted by atomic mass is 16.5. The van der Waals surface area contributed by atoms with Crippen molar-refractivity contribution >= 4 is 5.97 Å². The minimum absolute atomic E-state index is 0.190. The molecule has 0 saturated carbocycles. The molecule has 0 aliphatic carbocycles. The van der Waals surface area contributed by atoms with Gasteiger partial charge < -0.3 is 10.1 Å². The molecule has 3 heteroatoms. The number of benzene rings is 2. The minimum Gasteiger partial charge on any atom is -0.461 e. The van der Waals surface area contributed by atoms with Crippen molar-refractivity contribution < 1.29 is 9.53 Å². The molecule has 1 aliphatic heterocycles. The van der Waals surface area contributed by atoms with Gasteiger partial charge in [0, 0.05) is 6.54 Å². The van der Waals surface area contributed by atoms with E-state index in [9.17, 15) is 4.79 Å². The summed E-state index contributed by atoms with van der Waals surface area (Å²) in [5.74, 6) is -0.190. The van der Waals surface area contributed by atoms with Crippen LogP contribution in [0.1, 0.15) is 29.5 Å². The third kappa shape index (κ3) is 3.57. The molecule has 0 radical (unpaired) electrons. The van der Waals surface area contributed by atoms with E-state index in [1.54, 1.807) is 0 Å². The Morgan fingerprint density at radius 3 is 2.71 bits per heavy atom. The van der Waals surface area contributed by atoms with Gasteiger partial charge in [-0.3, -0.25) is 4.79 Å². The lowest BCUT2D eigenvalue weighted by Gasteiger charge is -2.39. The van der Waals surface area contributed by atoms with E-state index in [2.05, 4.69) is 30.1 Å². The molecule has 1 atom stereocenters. The zero-order chi connectivity index (χ0) is 16.8. The van der Waals surface area contributed by atoms with Crippen molar-refractivity contribution in [2.75, 3.05) is 6.54 Å². The van der Waals surface area contributed by atoms with Crippen LogP contribution in [0.2, 0.25) is 0 Å². The number of ether oxygens (including phenoxy) is 1. The van der Waals surface area contributed by atoms with Gasteiger partial charge in [-0.1, -0.05) is 60.7 Å². The Labute approximate surface area is 143 Å². The average molecular weight is 321 g/mol. The van der Waals surface area contributed by atoms with Gasteiger partial charge in [0.1, 0.15) is 6.61 Å².